The van der Waals surface area contributed by atoms with Crippen molar-refractivity contribution in [2.45, 2.75) is 51.0 Å². The van der Waals surface area contributed by atoms with Gasteiger partial charge in [0.15, 0.2) is 0 Å². The molecule has 5 heteroatoms. The third-order valence-electron chi connectivity index (χ3n) is 4.04. The maximum Gasteiger partial charge on any atom is 0.329 e. The molecule has 0 bridgehead atoms. The lowest BCUT2D eigenvalue weighted by Gasteiger charge is -2.34. The van der Waals surface area contributed by atoms with E-state index < -0.39 is 11.5 Å². The number of carbonyl (C=O) groups excluding carboxylic acids is 1. The average molecular weight is 305 g/mol. The number of hydrogen-bond donors (Lipinski definition) is 2. The Morgan fingerprint density at radius 3 is 2.64 bits per heavy atom. The molecule has 1 aliphatic carbocycles. The number of hydrogen-bond acceptors (Lipinski definition) is 3. The van der Waals surface area contributed by atoms with Crippen LogP contribution in [0.4, 0.5) is 0 Å². The van der Waals surface area contributed by atoms with Gasteiger partial charge < -0.3 is 15.2 Å². The molecule has 1 aliphatic rings. The van der Waals surface area contributed by atoms with Crippen LogP contribution in [0.3, 0.4) is 0 Å². The normalized spacial score (nSPS) is 16.8. The number of carboxylic acids is 1. The molecule has 2 N–H and O–H groups in total. The predicted molar refractivity (Wildman–Crippen MR) is 83.1 cm³/mol. The molecule has 0 saturated heterocycles. The van der Waals surface area contributed by atoms with Crippen molar-refractivity contribution in [3.63, 3.8) is 0 Å². The molecule has 1 saturated carbocycles. The summed E-state index contributed by atoms with van der Waals surface area (Å²) in [5.74, 6) is -0.673. The smallest absolute Gasteiger partial charge is 0.329 e. The lowest BCUT2D eigenvalue weighted by atomic mass is 9.81. The van der Waals surface area contributed by atoms with Gasteiger partial charge in [-0.2, -0.15) is 0 Å². The van der Waals surface area contributed by atoms with Gasteiger partial charge in [-0.05, 0) is 37.5 Å². The number of benzene rings is 1. The Morgan fingerprint density at radius 1 is 1.27 bits per heavy atom. The Bertz CT molecular complexity index is 535. The zero-order valence-electron chi connectivity index (χ0n) is 12.9. The van der Waals surface area contributed by atoms with Crippen LogP contribution < -0.4 is 10.1 Å². The van der Waals surface area contributed by atoms with Crippen molar-refractivity contribution in [3.05, 3.63) is 29.8 Å². The second kappa shape index (κ2) is 7.29. The van der Waals surface area contributed by atoms with Crippen LogP contribution in [-0.2, 0) is 4.79 Å². The summed E-state index contributed by atoms with van der Waals surface area (Å²) in [5, 5.41) is 12.3. The van der Waals surface area contributed by atoms with Gasteiger partial charge in [-0.3, -0.25) is 4.79 Å². The minimum Gasteiger partial charge on any atom is -0.494 e. The number of carbonyl (C=O) groups is 2. The average Bonchev–Trinajstić information content (AvgIpc) is 2.54. The Kier molecular flexibility index (Phi) is 5.41. The molecule has 0 radical (unpaired) electrons. The van der Waals surface area contributed by atoms with Crippen molar-refractivity contribution in [2.75, 3.05) is 6.61 Å². The molecular weight excluding hydrogens is 282 g/mol. The van der Waals surface area contributed by atoms with Gasteiger partial charge in [-0.1, -0.05) is 32.3 Å². The number of ether oxygens (including phenoxy) is 1. The van der Waals surface area contributed by atoms with Gasteiger partial charge in [-0.15, -0.1) is 0 Å². The lowest BCUT2D eigenvalue weighted by molar-refractivity contribution is -0.145. The van der Waals surface area contributed by atoms with E-state index in [1.165, 1.54) is 0 Å². The Balaban J connectivity index is 2.11. The summed E-state index contributed by atoms with van der Waals surface area (Å²) in [4.78, 5) is 24.0. The summed E-state index contributed by atoms with van der Waals surface area (Å²) in [5.41, 5.74) is -0.699. The van der Waals surface area contributed by atoms with Crippen LogP contribution in [-0.4, -0.2) is 29.1 Å². The molecule has 22 heavy (non-hydrogen) atoms. The highest BCUT2D eigenvalue weighted by atomic mass is 16.5. The van der Waals surface area contributed by atoms with Crippen LogP contribution in [0.1, 0.15) is 55.8 Å². The number of amides is 1. The quantitative estimate of drug-likeness (QED) is 0.847. The molecule has 0 atom stereocenters. The standard InChI is InChI=1S/C17H23NO4/c1-2-11-22-14-8-6-7-13(12-14)15(19)18-17(16(20)21)9-4-3-5-10-17/h6-8,12H,2-5,9-11H2,1H3,(H,18,19)(H,20,21). The van der Waals surface area contributed by atoms with Crippen molar-refractivity contribution >= 4 is 11.9 Å². The summed E-state index contributed by atoms with van der Waals surface area (Å²) in [6.45, 7) is 2.60. The summed E-state index contributed by atoms with van der Waals surface area (Å²) in [7, 11) is 0. The summed E-state index contributed by atoms with van der Waals surface area (Å²) < 4.78 is 5.51. The SMILES string of the molecule is CCCOc1cccc(C(=O)NC2(C(=O)O)CCCCC2)c1. The number of carboxylic acid groups (broad SMARTS) is 1. The maximum absolute atomic E-state index is 12.4. The highest BCUT2D eigenvalue weighted by Gasteiger charge is 2.41. The highest BCUT2D eigenvalue weighted by molar-refractivity contribution is 5.98. The zero-order valence-corrected chi connectivity index (χ0v) is 12.9. The van der Waals surface area contributed by atoms with Crippen LogP contribution in [0.2, 0.25) is 0 Å². The van der Waals surface area contributed by atoms with E-state index in [4.69, 9.17) is 4.74 Å². The third-order valence-corrected chi connectivity index (χ3v) is 4.04. The fraction of sp³-hybridized carbons (Fsp3) is 0.529. The molecule has 1 amide bonds. The first-order valence-electron chi connectivity index (χ1n) is 7.86. The minimum atomic E-state index is -1.13. The molecule has 0 heterocycles. The molecule has 2 rings (SSSR count). The molecule has 1 fully saturated rings. The summed E-state index contributed by atoms with van der Waals surface area (Å²) >= 11 is 0. The number of nitrogens with one attached hydrogen (secondary N) is 1. The van der Waals surface area contributed by atoms with Crippen molar-refractivity contribution in [1.29, 1.82) is 0 Å². The molecule has 5 nitrogen and oxygen atoms in total. The van der Waals surface area contributed by atoms with Crippen molar-refractivity contribution in [1.82, 2.24) is 5.32 Å². The van der Waals surface area contributed by atoms with Gasteiger partial charge in [-0.25, -0.2) is 4.79 Å². The lowest BCUT2D eigenvalue weighted by Crippen LogP contribution is -2.55. The van der Waals surface area contributed by atoms with E-state index in [9.17, 15) is 14.7 Å². The highest BCUT2D eigenvalue weighted by Crippen LogP contribution is 2.29. The molecule has 1 aromatic carbocycles. The van der Waals surface area contributed by atoms with E-state index in [-0.39, 0.29) is 5.91 Å². The number of aliphatic carboxylic acids is 1. The molecular formula is C17H23NO4. The monoisotopic (exact) mass is 305 g/mol. The fourth-order valence-electron chi connectivity index (χ4n) is 2.78. The van der Waals surface area contributed by atoms with Crippen molar-refractivity contribution < 1.29 is 19.4 Å². The molecule has 0 unspecified atom stereocenters. The van der Waals surface area contributed by atoms with Crippen molar-refractivity contribution in [3.8, 4) is 5.75 Å². The third kappa shape index (κ3) is 3.78. The van der Waals surface area contributed by atoms with Crippen LogP contribution in [0.5, 0.6) is 5.75 Å². The predicted octanol–water partition coefficient (Wildman–Crippen LogP) is 2.99. The van der Waals surface area contributed by atoms with E-state index in [1.54, 1.807) is 24.3 Å². The molecule has 0 aliphatic heterocycles. The van der Waals surface area contributed by atoms with Gasteiger partial charge in [0, 0.05) is 5.56 Å². The van der Waals surface area contributed by atoms with Gasteiger partial charge in [0.05, 0.1) is 6.61 Å². The van der Waals surface area contributed by atoms with Gasteiger partial charge >= 0.3 is 5.97 Å². The molecule has 1 aromatic rings. The first kappa shape index (κ1) is 16.3. The molecule has 120 valence electrons. The summed E-state index contributed by atoms with van der Waals surface area (Å²) in [6.07, 6.45) is 4.53. The topological polar surface area (TPSA) is 75.6 Å². The summed E-state index contributed by atoms with van der Waals surface area (Å²) in [6, 6.07) is 6.87. The van der Waals surface area contributed by atoms with Crippen LogP contribution >= 0.6 is 0 Å². The van der Waals surface area contributed by atoms with Crippen LogP contribution in [0.15, 0.2) is 24.3 Å². The van der Waals surface area contributed by atoms with E-state index >= 15 is 0 Å². The van der Waals surface area contributed by atoms with E-state index in [0.717, 1.165) is 25.7 Å². The first-order valence-corrected chi connectivity index (χ1v) is 7.86. The molecule has 0 spiro atoms. The second-order valence-electron chi connectivity index (χ2n) is 5.78. The molecule has 0 aromatic heterocycles. The first-order chi connectivity index (χ1) is 10.6. The van der Waals surface area contributed by atoms with Crippen LogP contribution in [0, 0.1) is 0 Å². The zero-order chi connectivity index (χ0) is 16.0. The van der Waals surface area contributed by atoms with Gasteiger partial charge in [0.1, 0.15) is 11.3 Å². The Morgan fingerprint density at radius 2 is 2.00 bits per heavy atom. The van der Waals surface area contributed by atoms with Gasteiger partial charge in [0.25, 0.3) is 5.91 Å². The number of rotatable bonds is 6. The fourth-order valence-corrected chi connectivity index (χ4v) is 2.78. The van der Waals surface area contributed by atoms with Crippen molar-refractivity contribution in [2.24, 2.45) is 0 Å². The second-order valence-corrected chi connectivity index (χ2v) is 5.78. The Labute approximate surface area is 130 Å². The minimum absolute atomic E-state index is 0.355. The van der Waals surface area contributed by atoms with Crippen LogP contribution in [0.25, 0.3) is 0 Å². The van der Waals surface area contributed by atoms with E-state index in [0.29, 0.717) is 30.8 Å². The Hall–Kier alpha value is -2.04. The van der Waals surface area contributed by atoms with E-state index in [2.05, 4.69) is 5.32 Å². The van der Waals surface area contributed by atoms with Gasteiger partial charge in [0.2, 0.25) is 0 Å². The maximum atomic E-state index is 12.4. The largest absolute Gasteiger partial charge is 0.494 e. The van der Waals surface area contributed by atoms with E-state index in [1.807, 2.05) is 6.92 Å².